The summed E-state index contributed by atoms with van der Waals surface area (Å²) in [7, 11) is 1.56. The van der Waals surface area contributed by atoms with Gasteiger partial charge in [0.15, 0.2) is 28.8 Å². The van der Waals surface area contributed by atoms with Gasteiger partial charge in [-0.15, -0.1) is 0 Å². The summed E-state index contributed by atoms with van der Waals surface area (Å²) < 4.78 is 78.2. The Balaban J connectivity index is 0.751. The number of aliphatic hydroxyl groups excluding tert-OH is 1. The van der Waals surface area contributed by atoms with Gasteiger partial charge in [0, 0.05) is 92.4 Å². The number of nitrogens with zero attached hydrogens (tertiary/aromatic N) is 5. The molecular formula is C56H63ClF4N8O7. The lowest BCUT2D eigenvalue weighted by molar-refractivity contribution is -0.140. The van der Waals surface area contributed by atoms with Gasteiger partial charge in [0.05, 0.1) is 22.6 Å². The zero-order valence-corrected chi connectivity index (χ0v) is 43.5. The molecule has 5 heterocycles. The Hall–Kier alpha value is -6.28. The molecule has 1 aliphatic carbocycles. The number of hydrogen-bond acceptors (Lipinski definition) is 10. The van der Waals surface area contributed by atoms with Crippen molar-refractivity contribution in [3.63, 3.8) is 0 Å². The average molecular weight is 1070 g/mol. The van der Waals surface area contributed by atoms with E-state index in [0.29, 0.717) is 56.9 Å². The van der Waals surface area contributed by atoms with E-state index in [2.05, 4.69) is 27.6 Å². The van der Waals surface area contributed by atoms with Crippen LogP contribution in [0, 0.1) is 41.0 Å². The normalized spacial score (nSPS) is 23.7. The van der Waals surface area contributed by atoms with E-state index in [9.17, 15) is 24.3 Å². The van der Waals surface area contributed by atoms with Gasteiger partial charge in [-0.25, -0.2) is 22.4 Å². The summed E-state index contributed by atoms with van der Waals surface area (Å²) >= 11 is 6.73. The fraction of sp³-hybridized carbons (Fsp3) is 0.482. The van der Waals surface area contributed by atoms with Gasteiger partial charge in [-0.3, -0.25) is 29.3 Å². The van der Waals surface area contributed by atoms with Crippen LogP contribution in [0.3, 0.4) is 0 Å². The molecule has 0 radical (unpaired) electrons. The number of rotatable bonds is 14. The molecule has 5 amide bonds. The molecule has 10 rings (SSSR count). The van der Waals surface area contributed by atoms with Crippen LogP contribution in [0.2, 0.25) is 5.02 Å². The lowest BCUT2D eigenvalue weighted by atomic mass is 9.75. The maximum absolute atomic E-state index is 16.5. The molecule has 1 saturated carbocycles. The van der Waals surface area contributed by atoms with Gasteiger partial charge < -0.3 is 35.4 Å². The highest BCUT2D eigenvalue weighted by Crippen LogP contribution is 2.57. The van der Waals surface area contributed by atoms with Gasteiger partial charge in [-0.05, 0) is 99.6 Å². The number of imide groups is 1. The number of hydrogen-bond donors (Lipinski definition) is 4. The van der Waals surface area contributed by atoms with Crippen molar-refractivity contribution in [2.24, 2.45) is 30.5 Å². The monoisotopic (exact) mass is 1070 g/mol. The molecule has 15 nitrogen and oxygen atoms in total. The summed E-state index contributed by atoms with van der Waals surface area (Å²) in [5.41, 5.74) is 5.32. The number of urea groups is 1. The Morgan fingerprint density at radius 2 is 1.66 bits per heavy atom. The number of nitrogens with one attached hydrogen (secondary N) is 2. The van der Waals surface area contributed by atoms with Crippen LogP contribution >= 0.6 is 11.6 Å². The average Bonchev–Trinajstić information content (AvgIpc) is 3.96. The highest BCUT2D eigenvalue weighted by atomic mass is 35.5. The van der Waals surface area contributed by atoms with Crippen molar-refractivity contribution in [1.29, 1.82) is 0 Å². The van der Waals surface area contributed by atoms with Crippen LogP contribution in [0.4, 0.5) is 28.2 Å². The molecule has 4 aromatic carbocycles. The number of nitrogens with two attached hydrogens (primary N) is 1. The Morgan fingerprint density at radius 1 is 0.921 bits per heavy atom. The number of fused-ring (bicyclic) bond motifs is 2. The van der Waals surface area contributed by atoms with Crippen LogP contribution in [0.5, 0.6) is 11.5 Å². The number of carbonyl (C=O) groups is 4. The van der Waals surface area contributed by atoms with Gasteiger partial charge in [0.25, 0.3) is 0 Å². The van der Waals surface area contributed by atoms with Crippen LogP contribution in [-0.2, 0) is 22.2 Å². The first kappa shape index (κ1) is 53.1. The third kappa shape index (κ3) is 9.76. The quantitative estimate of drug-likeness (QED) is 0.0790. The molecule has 5 aliphatic rings. The molecule has 5 N–H and O–H groups in total. The van der Waals surface area contributed by atoms with Crippen LogP contribution < -0.4 is 30.7 Å². The predicted molar refractivity (Wildman–Crippen MR) is 277 cm³/mol. The van der Waals surface area contributed by atoms with Crippen molar-refractivity contribution in [3.8, 4) is 22.6 Å². The van der Waals surface area contributed by atoms with Crippen molar-refractivity contribution in [3.05, 3.63) is 105 Å². The van der Waals surface area contributed by atoms with Gasteiger partial charge >= 0.3 is 6.03 Å². The molecule has 4 fully saturated rings. The topological polar surface area (TPSA) is 185 Å². The number of carbonyl (C=O) groups excluding carboxylic acids is 4. The van der Waals surface area contributed by atoms with Crippen LogP contribution in [0.15, 0.2) is 54.6 Å². The number of anilines is 1. The summed E-state index contributed by atoms with van der Waals surface area (Å²) in [6.07, 6.45) is 5.07. The molecule has 3 saturated heterocycles. The van der Waals surface area contributed by atoms with E-state index in [1.807, 2.05) is 42.2 Å². The molecular weight excluding hydrogens is 1010 g/mol. The highest BCUT2D eigenvalue weighted by Gasteiger charge is 2.51. The Kier molecular flexibility index (Phi) is 15.1. The fourth-order valence-corrected chi connectivity index (χ4v) is 13.0. The number of likely N-dealkylation sites (tertiary alicyclic amines) is 2. The molecule has 1 aromatic heterocycles. The van der Waals surface area contributed by atoms with E-state index in [-0.39, 0.29) is 106 Å². The van der Waals surface area contributed by atoms with E-state index in [1.54, 1.807) is 7.05 Å². The minimum Gasteiger partial charge on any atom is -0.488 e. The number of aryl methyl sites for hydroxylation is 1. The van der Waals surface area contributed by atoms with Crippen LogP contribution in [0.25, 0.3) is 22.0 Å². The summed E-state index contributed by atoms with van der Waals surface area (Å²) in [6.45, 7) is 7.25. The molecule has 404 valence electrons. The van der Waals surface area contributed by atoms with E-state index in [4.69, 9.17) is 26.8 Å². The molecule has 0 spiro atoms. The Labute approximate surface area is 443 Å². The Morgan fingerprint density at radius 3 is 2.34 bits per heavy atom. The number of aromatic nitrogens is 2. The summed E-state index contributed by atoms with van der Waals surface area (Å²) in [6, 6.07) is 13.8. The summed E-state index contributed by atoms with van der Waals surface area (Å²) in [5.74, 6) is -5.06. The zero-order chi connectivity index (χ0) is 53.7. The minimum atomic E-state index is -1.14. The van der Waals surface area contributed by atoms with E-state index in [0.717, 1.165) is 37.8 Å². The van der Waals surface area contributed by atoms with E-state index in [1.165, 1.54) is 33.8 Å². The first-order chi connectivity index (χ1) is 36.5. The minimum absolute atomic E-state index is 0.00941. The first-order valence-corrected chi connectivity index (χ1v) is 26.7. The molecule has 5 aromatic rings. The van der Waals surface area contributed by atoms with E-state index >= 15 is 17.6 Å². The molecule has 20 heteroatoms. The number of benzene rings is 4. The lowest BCUT2D eigenvalue weighted by Crippen LogP contribution is -2.50. The second kappa shape index (κ2) is 21.6. The van der Waals surface area contributed by atoms with Gasteiger partial charge in [0.2, 0.25) is 17.7 Å². The van der Waals surface area contributed by atoms with Crippen molar-refractivity contribution in [2.45, 2.75) is 88.7 Å². The highest BCUT2D eigenvalue weighted by molar-refractivity contribution is 6.34. The number of halogens is 5. The summed E-state index contributed by atoms with van der Waals surface area (Å²) in [4.78, 5) is 56.9. The van der Waals surface area contributed by atoms with Gasteiger partial charge in [0.1, 0.15) is 29.5 Å². The maximum Gasteiger partial charge on any atom is 0.329 e. The Bertz CT molecular complexity index is 3080. The summed E-state index contributed by atoms with van der Waals surface area (Å²) in [5, 5.41) is 19.5. The predicted octanol–water partition coefficient (Wildman–Crippen LogP) is 8.27. The zero-order valence-electron chi connectivity index (χ0n) is 42.8. The SMILES string of the molecule is C[C@@H]1C[C@@H](NC[C@]2(c3ccccc3)Oc3cc(F)c(Cl)c(-c4c(C(N)=O)ccc(OCCO)c4F)c3[C@@H]2C)CC[C@@H]1C(=O)N1CCC(CN2CCC(c3c(F)cc4c(N5CCC(=O)NC5=O)nn(C)c4c3F)CC2)CC1. The van der Waals surface area contributed by atoms with Gasteiger partial charge in [-0.1, -0.05) is 55.8 Å². The number of ether oxygens (including phenoxy) is 2. The third-order valence-corrected chi connectivity index (χ3v) is 17.2. The van der Waals surface area contributed by atoms with E-state index < -0.39 is 64.3 Å². The largest absolute Gasteiger partial charge is 0.488 e. The van der Waals surface area contributed by atoms with Crippen LogP contribution in [-0.4, -0.2) is 114 Å². The molecule has 76 heavy (non-hydrogen) atoms. The standard InChI is InChI=1S/C56H63ClF4N8O7/c1-30-25-35(63-29-56(34-7-5-4-6-8-34)31(2)44-42(76-56)27-40(59)48(57)47(44)46-37(52(62)72)11-12-41(49(46)60)75-24-23-70)9-10-36(30)54(73)68-20-13-32(14-21-68)28-67-18-15-33(16-19-67)45-39(58)26-38-51(50(45)61)66(3)65-53(38)69-22-17-43(71)64-55(69)74/h4-8,11-12,26-27,30-33,35-36,63,70H,9-10,13-25,28-29H2,1-3H3,(H2,62,72)(H,64,71,74)/t30-,31+,35+,36+,56+/m1/s1. The van der Waals surface area contributed by atoms with Crippen molar-refractivity contribution in [1.82, 2.24) is 30.2 Å². The number of aliphatic hydroxyl groups is 1. The number of piperidine rings is 2. The maximum atomic E-state index is 16.5. The number of primary amides is 1. The first-order valence-electron chi connectivity index (χ1n) is 26.3. The van der Waals surface area contributed by atoms with Crippen molar-refractivity contribution < 1.29 is 51.3 Å². The van der Waals surface area contributed by atoms with Crippen molar-refractivity contribution >= 4 is 52.1 Å². The van der Waals surface area contributed by atoms with Gasteiger partial charge in [-0.2, -0.15) is 5.10 Å². The smallest absolute Gasteiger partial charge is 0.329 e. The molecule has 0 bridgehead atoms. The molecule has 5 atom stereocenters. The number of amides is 5. The second-order valence-electron chi connectivity index (χ2n) is 21.3. The second-order valence-corrected chi connectivity index (χ2v) is 21.7. The molecule has 0 unspecified atom stereocenters. The molecule has 4 aliphatic heterocycles. The fourth-order valence-electron chi connectivity index (χ4n) is 12.8. The third-order valence-electron chi connectivity index (χ3n) is 16.8. The van der Waals surface area contributed by atoms with Crippen LogP contribution in [0.1, 0.15) is 104 Å². The van der Waals surface area contributed by atoms with Crippen molar-refractivity contribution in [2.75, 3.05) is 63.9 Å². The lowest BCUT2D eigenvalue weighted by Gasteiger charge is -2.41.